The van der Waals surface area contributed by atoms with Crippen LogP contribution in [-0.4, -0.2) is 25.8 Å². The fraction of sp³-hybridized carbons (Fsp3) is 0.316. The van der Waals surface area contributed by atoms with Crippen LogP contribution < -0.4 is 0 Å². The molecular formula is C19H19N3OS2. The first-order valence-corrected chi connectivity index (χ1v) is 10.3. The monoisotopic (exact) mass is 369 g/mol. The van der Waals surface area contributed by atoms with Gasteiger partial charge in [-0.15, -0.1) is 21.5 Å². The van der Waals surface area contributed by atoms with E-state index in [2.05, 4.69) is 44.4 Å². The highest BCUT2D eigenvalue weighted by Gasteiger charge is 2.26. The van der Waals surface area contributed by atoms with Gasteiger partial charge in [0.25, 0.3) is 0 Å². The van der Waals surface area contributed by atoms with Crippen LogP contribution in [0.25, 0.3) is 5.69 Å². The Morgan fingerprint density at radius 2 is 2.00 bits per heavy atom. The third-order valence-electron chi connectivity index (χ3n) is 4.37. The second-order valence-corrected chi connectivity index (χ2v) is 8.35. The summed E-state index contributed by atoms with van der Waals surface area (Å²) in [5, 5.41) is 11.8. The van der Waals surface area contributed by atoms with Crippen molar-refractivity contribution in [3.63, 3.8) is 0 Å². The molecule has 1 aliphatic rings. The molecule has 1 saturated carbocycles. The average molecular weight is 370 g/mol. The van der Waals surface area contributed by atoms with Crippen molar-refractivity contribution < 1.29 is 4.79 Å². The minimum Gasteiger partial charge on any atom is -0.298 e. The van der Waals surface area contributed by atoms with Gasteiger partial charge in [0.1, 0.15) is 11.6 Å². The van der Waals surface area contributed by atoms with Gasteiger partial charge in [0.05, 0.1) is 5.25 Å². The third kappa shape index (κ3) is 3.70. The van der Waals surface area contributed by atoms with Crippen molar-refractivity contribution in [2.75, 3.05) is 0 Å². The Balaban J connectivity index is 1.68. The van der Waals surface area contributed by atoms with Gasteiger partial charge in [-0.05, 0) is 36.4 Å². The molecule has 0 amide bonds. The number of hydrogen-bond donors (Lipinski definition) is 0. The average Bonchev–Trinajstić information content (AvgIpc) is 3.28. The number of nitrogens with zero attached hydrogens (tertiary/aromatic N) is 3. The molecule has 1 aromatic carbocycles. The van der Waals surface area contributed by atoms with E-state index in [1.54, 1.807) is 23.1 Å². The maximum absolute atomic E-state index is 12.2. The predicted molar refractivity (Wildman–Crippen MR) is 102 cm³/mol. The lowest BCUT2D eigenvalue weighted by atomic mass is 9.99. The summed E-state index contributed by atoms with van der Waals surface area (Å²) in [4.78, 5) is 13.5. The first-order valence-electron chi connectivity index (χ1n) is 8.53. The zero-order valence-electron chi connectivity index (χ0n) is 13.8. The number of thiophene rings is 1. The van der Waals surface area contributed by atoms with Gasteiger partial charge >= 0.3 is 0 Å². The van der Waals surface area contributed by atoms with E-state index in [-0.39, 0.29) is 5.25 Å². The molecule has 4 nitrogen and oxygen atoms in total. The summed E-state index contributed by atoms with van der Waals surface area (Å²) < 4.78 is 2.10. The van der Waals surface area contributed by atoms with E-state index in [1.807, 2.05) is 18.2 Å². The molecule has 0 aliphatic heterocycles. The number of ketones is 1. The second kappa shape index (κ2) is 7.54. The van der Waals surface area contributed by atoms with Gasteiger partial charge in [0, 0.05) is 23.4 Å². The molecule has 0 saturated heterocycles. The van der Waals surface area contributed by atoms with Crippen LogP contribution in [0.4, 0.5) is 0 Å². The summed E-state index contributed by atoms with van der Waals surface area (Å²) in [6, 6.07) is 14.3. The Kier molecular flexibility index (Phi) is 4.99. The summed E-state index contributed by atoms with van der Waals surface area (Å²) in [5.41, 5.74) is 1.05. The summed E-state index contributed by atoms with van der Waals surface area (Å²) >= 11 is 3.30. The smallest absolute Gasteiger partial charge is 0.196 e. The van der Waals surface area contributed by atoms with Crippen LogP contribution in [0, 0.1) is 0 Å². The van der Waals surface area contributed by atoms with E-state index in [9.17, 15) is 4.79 Å². The lowest BCUT2D eigenvalue weighted by Gasteiger charge is -2.19. The molecule has 1 aliphatic carbocycles. The fourth-order valence-corrected chi connectivity index (χ4v) is 4.99. The van der Waals surface area contributed by atoms with Crippen molar-refractivity contribution in [1.82, 2.24) is 14.8 Å². The maximum Gasteiger partial charge on any atom is 0.196 e. The van der Waals surface area contributed by atoms with Gasteiger partial charge < -0.3 is 0 Å². The molecule has 25 heavy (non-hydrogen) atoms. The molecule has 0 spiro atoms. The van der Waals surface area contributed by atoms with Crippen molar-refractivity contribution in [3.8, 4) is 5.69 Å². The number of thioether (sulfide) groups is 1. The molecule has 2 aromatic heterocycles. The van der Waals surface area contributed by atoms with Crippen LogP contribution in [0.15, 0.2) is 53.0 Å². The molecule has 1 atom stereocenters. The van der Waals surface area contributed by atoms with E-state index in [1.165, 1.54) is 4.88 Å². The van der Waals surface area contributed by atoms with Gasteiger partial charge in [0.2, 0.25) is 0 Å². The van der Waals surface area contributed by atoms with Crippen LogP contribution in [0.5, 0.6) is 0 Å². The summed E-state index contributed by atoms with van der Waals surface area (Å²) in [7, 11) is 0. The van der Waals surface area contributed by atoms with E-state index in [0.717, 1.165) is 42.4 Å². The zero-order chi connectivity index (χ0) is 17.1. The van der Waals surface area contributed by atoms with Gasteiger partial charge in [-0.1, -0.05) is 42.4 Å². The standard InChI is InChI=1S/C19H19N3OS2/c23-16-10-4-5-11-17(16)25-19-21-20-18(13-15-9-6-12-24-15)22(19)14-7-2-1-3-8-14/h1-3,6-9,12,17H,4-5,10-11,13H2. The number of Topliss-reactive ketones (excluding diaryl/α,β-unsaturated/α-hetero) is 1. The highest BCUT2D eigenvalue weighted by Crippen LogP contribution is 2.33. The number of para-hydroxylation sites is 1. The highest BCUT2D eigenvalue weighted by molar-refractivity contribution is 8.00. The maximum atomic E-state index is 12.2. The Morgan fingerprint density at radius 1 is 1.12 bits per heavy atom. The topological polar surface area (TPSA) is 47.8 Å². The summed E-state index contributed by atoms with van der Waals surface area (Å²) in [5.74, 6) is 1.26. The van der Waals surface area contributed by atoms with Crippen molar-refractivity contribution in [2.24, 2.45) is 0 Å². The first-order chi connectivity index (χ1) is 12.3. The van der Waals surface area contributed by atoms with E-state index in [0.29, 0.717) is 12.2 Å². The minimum atomic E-state index is 0.00926. The Labute approximate surface area is 155 Å². The molecule has 0 radical (unpaired) electrons. The Hall–Kier alpha value is -1.92. The van der Waals surface area contributed by atoms with E-state index < -0.39 is 0 Å². The Morgan fingerprint density at radius 3 is 2.76 bits per heavy atom. The molecule has 3 aromatic rings. The Bertz CT molecular complexity index is 843. The van der Waals surface area contributed by atoms with Gasteiger partial charge in [0.15, 0.2) is 5.16 Å². The third-order valence-corrected chi connectivity index (χ3v) is 6.51. The number of hydrogen-bond acceptors (Lipinski definition) is 5. The van der Waals surface area contributed by atoms with E-state index >= 15 is 0 Å². The van der Waals surface area contributed by atoms with Crippen LogP contribution in [0.3, 0.4) is 0 Å². The lowest BCUT2D eigenvalue weighted by Crippen LogP contribution is -2.21. The molecule has 6 heteroatoms. The van der Waals surface area contributed by atoms with Gasteiger partial charge in [-0.2, -0.15) is 0 Å². The number of benzene rings is 1. The number of aromatic nitrogens is 3. The normalized spacial score (nSPS) is 17.8. The van der Waals surface area contributed by atoms with Gasteiger partial charge in [-0.3, -0.25) is 9.36 Å². The molecule has 1 fully saturated rings. The van der Waals surface area contributed by atoms with Crippen molar-refractivity contribution >= 4 is 28.9 Å². The molecule has 2 heterocycles. The fourth-order valence-electron chi connectivity index (χ4n) is 3.10. The van der Waals surface area contributed by atoms with E-state index in [4.69, 9.17) is 0 Å². The molecule has 4 rings (SSSR count). The molecular weight excluding hydrogens is 350 g/mol. The van der Waals surface area contributed by atoms with Crippen molar-refractivity contribution in [2.45, 2.75) is 42.5 Å². The van der Waals surface area contributed by atoms with Crippen LogP contribution in [0.2, 0.25) is 0 Å². The van der Waals surface area contributed by atoms with Gasteiger partial charge in [-0.25, -0.2) is 0 Å². The van der Waals surface area contributed by atoms with Crippen molar-refractivity contribution in [1.29, 1.82) is 0 Å². The SMILES string of the molecule is O=C1CCCCC1Sc1nnc(Cc2cccs2)n1-c1ccccc1. The molecule has 0 N–H and O–H groups in total. The quantitative estimate of drug-likeness (QED) is 0.663. The molecule has 0 bridgehead atoms. The lowest BCUT2D eigenvalue weighted by molar-refractivity contribution is -0.119. The largest absolute Gasteiger partial charge is 0.298 e. The summed E-state index contributed by atoms with van der Waals surface area (Å²) in [6.07, 6.45) is 4.51. The van der Waals surface area contributed by atoms with Crippen LogP contribution in [0.1, 0.15) is 36.4 Å². The number of rotatable bonds is 5. The minimum absolute atomic E-state index is 0.00926. The van der Waals surface area contributed by atoms with Crippen LogP contribution in [-0.2, 0) is 11.2 Å². The molecule has 1 unspecified atom stereocenters. The summed E-state index contributed by atoms with van der Waals surface area (Å²) in [6.45, 7) is 0. The number of carbonyl (C=O) groups excluding carboxylic acids is 1. The number of carbonyl (C=O) groups is 1. The predicted octanol–water partition coefficient (Wildman–Crippen LogP) is 4.52. The van der Waals surface area contributed by atoms with Crippen molar-refractivity contribution in [3.05, 3.63) is 58.5 Å². The first kappa shape index (κ1) is 16.5. The highest BCUT2D eigenvalue weighted by atomic mass is 32.2. The second-order valence-electron chi connectivity index (χ2n) is 6.14. The zero-order valence-corrected chi connectivity index (χ0v) is 15.4. The van der Waals surface area contributed by atoms with Crippen LogP contribution >= 0.6 is 23.1 Å². The molecule has 128 valence electrons.